The Labute approximate surface area is 59.6 Å². The van der Waals surface area contributed by atoms with Crippen molar-refractivity contribution in [3.05, 3.63) is 12.3 Å². The second-order valence-electron chi connectivity index (χ2n) is 2.00. The van der Waals surface area contributed by atoms with E-state index in [2.05, 4.69) is 5.10 Å². The maximum absolute atomic E-state index is 5.38. The Balaban J connectivity index is 2.42. The van der Waals surface area contributed by atoms with Crippen LogP contribution >= 0.6 is 0 Å². The normalized spacial score (nSPS) is 10.1. The molecule has 10 heavy (non-hydrogen) atoms. The number of anilines is 1. The van der Waals surface area contributed by atoms with Crippen molar-refractivity contribution in [1.82, 2.24) is 9.78 Å². The molecule has 2 N–H and O–H groups in total. The fourth-order valence-corrected chi connectivity index (χ4v) is 0.687. The lowest BCUT2D eigenvalue weighted by Gasteiger charge is -1.97. The smallest absolute Gasteiger partial charge is 0.145 e. The molecular formula is C6H11N3O. The minimum absolute atomic E-state index is 0.552. The SMILES string of the molecule is COCCn1ccc(N)n1. The Kier molecular flexibility index (Phi) is 2.28. The van der Waals surface area contributed by atoms with Crippen molar-refractivity contribution in [2.45, 2.75) is 6.54 Å². The molecule has 1 heterocycles. The van der Waals surface area contributed by atoms with E-state index in [0.29, 0.717) is 12.4 Å². The maximum Gasteiger partial charge on any atom is 0.145 e. The summed E-state index contributed by atoms with van der Waals surface area (Å²) in [4.78, 5) is 0. The first-order valence-corrected chi connectivity index (χ1v) is 3.11. The highest BCUT2D eigenvalue weighted by molar-refractivity contribution is 5.23. The number of hydrogen-bond acceptors (Lipinski definition) is 3. The topological polar surface area (TPSA) is 53.1 Å². The largest absolute Gasteiger partial charge is 0.383 e. The number of methoxy groups -OCH3 is 1. The predicted octanol–water partition coefficient (Wildman–Crippen LogP) is 0.112. The third-order valence-corrected chi connectivity index (χ3v) is 1.19. The van der Waals surface area contributed by atoms with Crippen LogP contribution in [0.4, 0.5) is 5.82 Å². The first kappa shape index (κ1) is 7.08. The summed E-state index contributed by atoms with van der Waals surface area (Å²) in [5.74, 6) is 0.552. The van der Waals surface area contributed by atoms with Gasteiger partial charge in [0.05, 0.1) is 13.2 Å². The Morgan fingerprint density at radius 2 is 2.60 bits per heavy atom. The molecule has 0 spiro atoms. The van der Waals surface area contributed by atoms with Gasteiger partial charge in [-0.2, -0.15) is 5.10 Å². The molecule has 0 amide bonds. The third kappa shape index (κ3) is 1.73. The molecule has 0 saturated heterocycles. The zero-order chi connectivity index (χ0) is 7.40. The fraction of sp³-hybridized carbons (Fsp3) is 0.500. The number of rotatable bonds is 3. The molecule has 0 aliphatic carbocycles. The van der Waals surface area contributed by atoms with E-state index in [0.717, 1.165) is 6.54 Å². The lowest BCUT2D eigenvalue weighted by molar-refractivity contribution is 0.183. The van der Waals surface area contributed by atoms with Gasteiger partial charge in [0.2, 0.25) is 0 Å². The van der Waals surface area contributed by atoms with E-state index in [1.165, 1.54) is 0 Å². The van der Waals surface area contributed by atoms with Gasteiger partial charge < -0.3 is 10.5 Å². The standard InChI is InChI=1S/C6H11N3O/c1-10-5-4-9-3-2-6(7)8-9/h2-3H,4-5H2,1H3,(H2,7,8). The van der Waals surface area contributed by atoms with Crippen molar-refractivity contribution in [2.24, 2.45) is 0 Å². The number of nitrogens with zero attached hydrogens (tertiary/aromatic N) is 2. The van der Waals surface area contributed by atoms with E-state index in [-0.39, 0.29) is 0 Å². The number of nitrogens with two attached hydrogens (primary N) is 1. The molecule has 4 heteroatoms. The van der Waals surface area contributed by atoms with Crippen LogP contribution in [-0.2, 0) is 11.3 Å². The minimum atomic E-state index is 0.552. The molecule has 0 aliphatic rings. The van der Waals surface area contributed by atoms with Gasteiger partial charge >= 0.3 is 0 Å². The van der Waals surface area contributed by atoms with Crippen molar-refractivity contribution in [1.29, 1.82) is 0 Å². The Hall–Kier alpha value is -1.03. The van der Waals surface area contributed by atoms with E-state index in [1.54, 1.807) is 17.9 Å². The van der Waals surface area contributed by atoms with Crippen LogP contribution in [0.3, 0.4) is 0 Å². The summed E-state index contributed by atoms with van der Waals surface area (Å²) in [5.41, 5.74) is 5.38. The van der Waals surface area contributed by atoms with Crippen LogP contribution in [0.2, 0.25) is 0 Å². The Morgan fingerprint density at radius 1 is 1.80 bits per heavy atom. The quantitative estimate of drug-likeness (QED) is 0.650. The molecule has 0 radical (unpaired) electrons. The summed E-state index contributed by atoms with van der Waals surface area (Å²) in [6.45, 7) is 1.43. The highest BCUT2D eigenvalue weighted by Crippen LogP contribution is 1.94. The summed E-state index contributed by atoms with van der Waals surface area (Å²) >= 11 is 0. The number of nitrogen functional groups attached to an aromatic ring is 1. The van der Waals surface area contributed by atoms with Crippen molar-refractivity contribution in [3.8, 4) is 0 Å². The second kappa shape index (κ2) is 3.22. The molecule has 1 aromatic rings. The monoisotopic (exact) mass is 141 g/mol. The first-order valence-electron chi connectivity index (χ1n) is 3.11. The van der Waals surface area contributed by atoms with Crippen LogP contribution in [0.25, 0.3) is 0 Å². The van der Waals surface area contributed by atoms with Gasteiger partial charge in [0, 0.05) is 13.3 Å². The number of aromatic nitrogens is 2. The van der Waals surface area contributed by atoms with Crippen molar-refractivity contribution in [3.63, 3.8) is 0 Å². The molecule has 0 unspecified atom stereocenters. The molecule has 0 aliphatic heterocycles. The van der Waals surface area contributed by atoms with E-state index in [4.69, 9.17) is 10.5 Å². The fourth-order valence-electron chi connectivity index (χ4n) is 0.687. The summed E-state index contributed by atoms with van der Waals surface area (Å²) in [6, 6.07) is 1.76. The summed E-state index contributed by atoms with van der Waals surface area (Å²) < 4.78 is 6.60. The van der Waals surface area contributed by atoms with Gasteiger partial charge in [0.15, 0.2) is 0 Å². The van der Waals surface area contributed by atoms with E-state index in [9.17, 15) is 0 Å². The van der Waals surface area contributed by atoms with Gasteiger partial charge in [0.1, 0.15) is 5.82 Å². The third-order valence-electron chi connectivity index (χ3n) is 1.19. The van der Waals surface area contributed by atoms with Gasteiger partial charge in [-0.05, 0) is 6.07 Å². The molecule has 4 nitrogen and oxygen atoms in total. The molecule has 0 bridgehead atoms. The Morgan fingerprint density at radius 3 is 3.10 bits per heavy atom. The molecule has 0 saturated carbocycles. The van der Waals surface area contributed by atoms with Crippen LogP contribution in [0.5, 0.6) is 0 Å². The van der Waals surface area contributed by atoms with Gasteiger partial charge in [-0.1, -0.05) is 0 Å². The molecule has 1 aromatic heterocycles. The van der Waals surface area contributed by atoms with E-state index in [1.807, 2.05) is 6.20 Å². The van der Waals surface area contributed by atoms with Crippen LogP contribution in [0.15, 0.2) is 12.3 Å². The average Bonchev–Trinajstić information content (AvgIpc) is 2.31. The van der Waals surface area contributed by atoms with Crippen molar-refractivity contribution < 1.29 is 4.74 Å². The lowest BCUT2D eigenvalue weighted by Crippen LogP contribution is -2.04. The highest BCUT2D eigenvalue weighted by Gasteiger charge is 1.91. The molecule has 0 aromatic carbocycles. The zero-order valence-electron chi connectivity index (χ0n) is 5.95. The van der Waals surface area contributed by atoms with Crippen LogP contribution in [-0.4, -0.2) is 23.5 Å². The molecular weight excluding hydrogens is 130 g/mol. The van der Waals surface area contributed by atoms with Crippen molar-refractivity contribution >= 4 is 5.82 Å². The molecule has 1 rings (SSSR count). The summed E-state index contributed by atoms with van der Waals surface area (Å²) in [6.07, 6.45) is 1.83. The lowest BCUT2D eigenvalue weighted by atomic mass is 10.6. The number of ether oxygens (including phenoxy) is 1. The van der Waals surface area contributed by atoms with Gasteiger partial charge in [-0.25, -0.2) is 0 Å². The molecule has 56 valence electrons. The summed E-state index contributed by atoms with van der Waals surface area (Å²) in [7, 11) is 1.66. The molecule has 0 fully saturated rings. The second-order valence-corrected chi connectivity index (χ2v) is 2.00. The highest BCUT2D eigenvalue weighted by atomic mass is 16.5. The van der Waals surface area contributed by atoms with Crippen LogP contribution in [0.1, 0.15) is 0 Å². The predicted molar refractivity (Wildman–Crippen MR) is 38.5 cm³/mol. The average molecular weight is 141 g/mol. The minimum Gasteiger partial charge on any atom is -0.383 e. The van der Waals surface area contributed by atoms with Crippen LogP contribution < -0.4 is 5.73 Å². The van der Waals surface area contributed by atoms with Crippen molar-refractivity contribution in [2.75, 3.05) is 19.5 Å². The summed E-state index contributed by atoms with van der Waals surface area (Å²) in [5, 5.41) is 3.96. The maximum atomic E-state index is 5.38. The van der Waals surface area contributed by atoms with E-state index >= 15 is 0 Å². The van der Waals surface area contributed by atoms with Gasteiger partial charge in [-0.3, -0.25) is 4.68 Å². The van der Waals surface area contributed by atoms with E-state index < -0.39 is 0 Å². The van der Waals surface area contributed by atoms with Gasteiger partial charge in [-0.15, -0.1) is 0 Å². The first-order chi connectivity index (χ1) is 4.83. The molecule has 0 atom stereocenters. The van der Waals surface area contributed by atoms with Gasteiger partial charge in [0.25, 0.3) is 0 Å². The zero-order valence-corrected chi connectivity index (χ0v) is 5.95. The van der Waals surface area contributed by atoms with Crippen LogP contribution in [0, 0.1) is 0 Å². The number of hydrogen-bond donors (Lipinski definition) is 1. The Bertz CT molecular complexity index is 197.